The number of ether oxygens (including phenoxy) is 1. The van der Waals surface area contributed by atoms with E-state index in [1.807, 2.05) is 0 Å². The smallest absolute Gasteiger partial charge is 0.346 e. The molecule has 2 aromatic rings. The lowest BCUT2D eigenvalue weighted by Crippen LogP contribution is -2.04. The first-order valence-electron chi connectivity index (χ1n) is 6.26. The van der Waals surface area contributed by atoms with E-state index in [-0.39, 0.29) is 26.5 Å². The number of rotatable bonds is 3. The molecule has 116 valence electrons. The van der Waals surface area contributed by atoms with Crippen molar-refractivity contribution in [3.8, 4) is 0 Å². The molecule has 3 rings (SSSR count). The van der Waals surface area contributed by atoms with Gasteiger partial charge in [-0.15, -0.1) is 0 Å². The second-order valence-corrected chi connectivity index (χ2v) is 6.98. The number of sulfone groups is 1. The highest BCUT2D eigenvalue weighted by molar-refractivity contribution is 7.91. The van der Waals surface area contributed by atoms with Crippen molar-refractivity contribution in [2.75, 3.05) is 0 Å². The minimum Gasteiger partial charge on any atom is -0.386 e. The largest absolute Gasteiger partial charge is 0.386 e. The molecule has 1 aliphatic heterocycles. The summed E-state index contributed by atoms with van der Waals surface area (Å²) in [7, 11) is -3.92. The normalized spacial score (nSPS) is 13.6. The molecule has 0 saturated carbocycles. The predicted octanol–water partition coefficient (Wildman–Crippen LogP) is 2.21. The molecule has 0 atom stereocenters. The number of cyclic esters (lactones) is 2. The van der Waals surface area contributed by atoms with Crippen LogP contribution >= 0.6 is 11.6 Å². The maximum absolute atomic E-state index is 12.5. The number of benzene rings is 2. The summed E-state index contributed by atoms with van der Waals surface area (Å²) in [5.74, 6) is -1.69. The lowest BCUT2D eigenvalue weighted by molar-refractivity contribution is 0.0443. The fraction of sp³-hybridized carbons (Fsp3) is 0. The van der Waals surface area contributed by atoms with E-state index in [2.05, 4.69) is 4.74 Å². The van der Waals surface area contributed by atoms with Crippen LogP contribution < -0.4 is 0 Å². The van der Waals surface area contributed by atoms with Crippen LogP contribution in [-0.4, -0.2) is 25.6 Å². The first-order chi connectivity index (χ1) is 10.8. The fourth-order valence-electron chi connectivity index (χ4n) is 2.13. The fourth-order valence-corrected chi connectivity index (χ4v) is 3.55. The van der Waals surface area contributed by atoms with Gasteiger partial charge in [0, 0.05) is 5.56 Å². The van der Waals surface area contributed by atoms with Crippen LogP contribution in [0.25, 0.3) is 0 Å². The highest BCUT2D eigenvalue weighted by Crippen LogP contribution is 2.27. The molecule has 6 nitrogen and oxygen atoms in total. The Morgan fingerprint density at radius 1 is 0.870 bits per heavy atom. The van der Waals surface area contributed by atoms with E-state index in [0.29, 0.717) is 0 Å². The summed E-state index contributed by atoms with van der Waals surface area (Å²) < 4.78 is 29.5. The van der Waals surface area contributed by atoms with Gasteiger partial charge in [0.2, 0.25) is 9.84 Å². The highest BCUT2D eigenvalue weighted by Gasteiger charge is 2.31. The molecule has 0 radical (unpaired) electrons. The van der Waals surface area contributed by atoms with Crippen molar-refractivity contribution in [3.05, 3.63) is 59.2 Å². The summed E-state index contributed by atoms with van der Waals surface area (Å²) in [5.41, 5.74) is 0.0920. The summed E-state index contributed by atoms with van der Waals surface area (Å²) >= 11 is 5.31. The van der Waals surface area contributed by atoms with E-state index in [0.717, 1.165) is 6.07 Å². The molecule has 0 aliphatic carbocycles. The van der Waals surface area contributed by atoms with Crippen LogP contribution in [0.5, 0.6) is 0 Å². The average molecular weight is 351 g/mol. The minimum absolute atomic E-state index is 0.0250. The predicted molar refractivity (Wildman–Crippen MR) is 78.3 cm³/mol. The lowest BCUT2D eigenvalue weighted by Gasteiger charge is -2.06. The van der Waals surface area contributed by atoms with Gasteiger partial charge in [-0.3, -0.25) is 4.79 Å². The molecular formula is C15H7ClO6S. The SMILES string of the molecule is O=C(Cl)c1ccc(S(=O)(=O)c2ccc3c(c2)C(=O)OC3=O)cc1. The van der Waals surface area contributed by atoms with E-state index < -0.39 is 27.0 Å². The summed E-state index contributed by atoms with van der Waals surface area (Å²) in [4.78, 5) is 33.7. The zero-order chi connectivity index (χ0) is 16.8. The monoisotopic (exact) mass is 350 g/mol. The second-order valence-electron chi connectivity index (χ2n) is 4.69. The lowest BCUT2D eigenvalue weighted by atomic mass is 10.1. The Bertz CT molecular complexity index is 960. The van der Waals surface area contributed by atoms with Crippen molar-refractivity contribution in [2.45, 2.75) is 9.79 Å². The quantitative estimate of drug-likeness (QED) is 0.478. The van der Waals surface area contributed by atoms with Gasteiger partial charge in [-0.05, 0) is 54.1 Å². The molecule has 0 fully saturated rings. The Morgan fingerprint density at radius 3 is 2.04 bits per heavy atom. The van der Waals surface area contributed by atoms with Crippen LogP contribution in [-0.2, 0) is 14.6 Å². The van der Waals surface area contributed by atoms with Gasteiger partial charge in [-0.25, -0.2) is 18.0 Å². The molecule has 0 N–H and O–H groups in total. The third kappa shape index (κ3) is 2.54. The van der Waals surface area contributed by atoms with E-state index in [4.69, 9.17) is 11.6 Å². The zero-order valence-electron chi connectivity index (χ0n) is 11.3. The number of halogens is 1. The molecule has 2 aromatic carbocycles. The Morgan fingerprint density at radius 2 is 1.43 bits per heavy atom. The van der Waals surface area contributed by atoms with Crippen LogP contribution in [0.3, 0.4) is 0 Å². The van der Waals surface area contributed by atoms with Crippen LogP contribution in [0.1, 0.15) is 31.1 Å². The molecule has 8 heteroatoms. The summed E-state index contributed by atoms with van der Waals surface area (Å²) in [6.07, 6.45) is 0. The number of carbonyl (C=O) groups is 3. The van der Waals surface area contributed by atoms with Gasteiger partial charge >= 0.3 is 11.9 Å². The Kier molecular flexibility index (Phi) is 3.54. The summed E-state index contributed by atoms with van der Waals surface area (Å²) in [5, 5.41) is -0.701. The van der Waals surface area contributed by atoms with Gasteiger partial charge in [-0.1, -0.05) is 0 Å². The number of carbonyl (C=O) groups excluding carboxylic acids is 3. The van der Waals surface area contributed by atoms with Crippen molar-refractivity contribution >= 4 is 38.6 Å². The number of esters is 2. The standard InChI is InChI=1S/C15H7ClO6S/c16-13(17)8-1-3-9(4-2-8)23(20,21)10-5-6-11-12(7-10)15(19)22-14(11)18/h1-7H. The molecule has 1 heterocycles. The van der Waals surface area contributed by atoms with E-state index in [1.54, 1.807) is 0 Å². The molecule has 0 amide bonds. The van der Waals surface area contributed by atoms with Crippen molar-refractivity contribution in [1.82, 2.24) is 0 Å². The Hall–Kier alpha value is -2.51. The minimum atomic E-state index is -3.92. The van der Waals surface area contributed by atoms with E-state index in [1.165, 1.54) is 36.4 Å². The van der Waals surface area contributed by atoms with Crippen LogP contribution in [0.2, 0.25) is 0 Å². The molecule has 0 bridgehead atoms. The third-order valence-electron chi connectivity index (χ3n) is 3.32. The van der Waals surface area contributed by atoms with Crippen LogP contribution in [0, 0.1) is 0 Å². The van der Waals surface area contributed by atoms with Gasteiger partial charge in [0.15, 0.2) is 0 Å². The van der Waals surface area contributed by atoms with E-state index >= 15 is 0 Å². The molecule has 23 heavy (non-hydrogen) atoms. The maximum Gasteiger partial charge on any atom is 0.346 e. The maximum atomic E-state index is 12.5. The Balaban J connectivity index is 2.07. The van der Waals surface area contributed by atoms with Gasteiger partial charge in [0.25, 0.3) is 5.24 Å². The topological polar surface area (TPSA) is 94.6 Å². The van der Waals surface area contributed by atoms with Crippen molar-refractivity contribution < 1.29 is 27.5 Å². The summed E-state index contributed by atoms with van der Waals surface area (Å²) in [6.45, 7) is 0. The number of hydrogen-bond acceptors (Lipinski definition) is 6. The average Bonchev–Trinajstić information content (AvgIpc) is 2.81. The molecular weight excluding hydrogens is 344 g/mol. The zero-order valence-corrected chi connectivity index (χ0v) is 12.8. The molecule has 0 unspecified atom stereocenters. The van der Waals surface area contributed by atoms with Gasteiger partial charge in [0.1, 0.15) is 0 Å². The molecule has 1 aliphatic rings. The van der Waals surface area contributed by atoms with Crippen molar-refractivity contribution in [3.63, 3.8) is 0 Å². The second kappa shape index (κ2) is 5.29. The molecule has 0 aromatic heterocycles. The highest BCUT2D eigenvalue weighted by atomic mass is 35.5. The number of fused-ring (bicyclic) bond motifs is 1. The Labute approximate surface area is 135 Å². The van der Waals surface area contributed by atoms with Gasteiger partial charge < -0.3 is 4.74 Å². The molecule has 0 spiro atoms. The van der Waals surface area contributed by atoms with Gasteiger partial charge in [0.05, 0.1) is 20.9 Å². The first-order valence-corrected chi connectivity index (χ1v) is 8.12. The first kappa shape index (κ1) is 15.4. The van der Waals surface area contributed by atoms with Gasteiger partial charge in [-0.2, -0.15) is 0 Å². The molecule has 0 saturated heterocycles. The van der Waals surface area contributed by atoms with Crippen molar-refractivity contribution in [1.29, 1.82) is 0 Å². The van der Waals surface area contributed by atoms with Crippen molar-refractivity contribution in [2.24, 2.45) is 0 Å². The summed E-state index contributed by atoms with van der Waals surface area (Å²) in [6, 6.07) is 8.59. The third-order valence-corrected chi connectivity index (χ3v) is 5.30. The number of hydrogen-bond donors (Lipinski definition) is 0. The van der Waals surface area contributed by atoms with E-state index in [9.17, 15) is 22.8 Å². The van der Waals surface area contributed by atoms with Crippen LogP contribution in [0.4, 0.5) is 0 Å². The van der Waals surface area contributed by atoms with Crippen LogP contribution in [0.15, 0.2) is 52.3 Å².